The standard InChI is InChI=1S/C44H44N2O2S/c1-29(2)43(3,4)46-37-22-12-8-18-31(37)32-28-36-42(27-26-38(32)46)49(47,48)41-25-15-11-21-35(41)44(36)33-19-9-13-23-39(33)45(30-16-6-5-7-17-30)40-24-14-10-20-34(40)44/h5-25,29,32,36,38,42H,26-28H2,1-4H3/t32?,36?,38?,42-/m1/s1. The molecule has 5 aromatic carbocycles. The van der Waals surface area contributed by atoms with Gasteiger partial charge >= 0.3 is 0 Å². The molecule has 49 heavy (non-hydrogen) atoms. The average Bonchev–Trinajstić information content (AvgIpc) is 3.29. The highest BCUT2D eigenvalue weighted by atomic mass is 32.2. The Hall–Kier alpha value is -4.35. The Morgan fingerprint density at radius 1 is 0.673 bits per heavy atom. The number of nitrogens with zero attached hydrogens (tertiary/aromatic N) is 2. The maximum Gasteiger partial charge on any atom is 0.181 e. The van der Waals surface area contributed by atoms with Crippen LogP contribution in [0.3, 0.4) is 0 Å². The first-order chi connectivity index (χ1) is 23.7. The van der Waals surface area contributed by atoms with Gasteiger partial charge in [0.15, 0.2) is 9.84 Å². The Labute approximate surface area is 291 Å². The monoisotopic (exact) mass is 664 g/mol. The van der Waals surface area contributed by atoms with E-state index in [1.165, 1.54) is 22.4 Å². The molecule has 0 amide bonds. The Bertz CT molecular complexity index is 2140. The van der Waals surface area contributed by atoms with Gasteiger partial charge in [0.2, 0.25) is 0 Å². The molecule has 5 aromatic rings. The van der Waals surface area contributed by atoms with E-state index < -0.39 is 20.5 Å². The van der Waals surface area contributed by atoms with Crippen LogP contribution in [0.15, 0.2) is 132 Å². The lowest BCUT2D eigenvalue weighted by Gasteiger charge is -2.54. The van der Waals surface area contributed by atoms with Gasteiger partial charge in [0, 0.05) is 28.9 Å². The highest BCUT2D eigenvalue weighted by Crippen LogP contribution is 2.66. The molecule has 0 saturated heterocycles. The zero-order chi connectivity index (χ0) is 33.7. The summed E-state index contributed by atoms with van der Waals surface area (Å²) in [6.07, 6.45) is 2.27. The third-order valence-corrected chi connectivity index (χ3v) is 15.2. The number of hydrogen-bond donors (Lipinski definition) is 0. The van der Waals surface area contributed by atoms with Crippen LogP contribution >= 0.6 is 0 Å². The SMILES string of the molecule is CC(C)C(C)(C)N1c2ccccc2C2CC3[C@@H](CCC21)S(=O)(=O)c1ccccc1C31c2ccccc2N(c2ccccc2)c2ccccc21. The number of sulfone groups is 1. The molecule has 0 aromatic heterocycles. The van der Waals surface area contributed by atoms with Gasteiger partial charge in [-0.2, -0.15) is 0 Å². The lowest BCUT2D eigenvalue weighted by molar-refractivity contribution is 0.285. The van der Waals surface area contributed by atoms with Crippen molar-refractivity contribution >= 4 is 32.6 Å². The van der Waals surface area contributed by atoms with E-state index in [4.69, 9.17) is 0 Å². The second-order valence-corrected chi connectivity index (χ2v) is 17.6. The van der Waals surface area contributed by atoms with Crippen LogP contribution < -0.4 is 9.80 Å². The number of rotatable bonds is 3. The molecule has 4 aliphatic rings. The molecule has 4 atom stereocenters. The molecule has 9 rings (SSSR count). The predicted molar refractivity (Wildman–Crippen MR) is 200 cm³/mol. The van der Waals surface area contributed by atoms with Gasteiger partial charge in [-0.3, -0.25) is 0 Å². The smallest absolute Gasteiger partial charge is 0.181 e. The largest absolute Gasteiger partial charge is 0.362 e. The molecule has 1 aliphatic carbocycles. The molecule has 1 fully saturated rings. The van der Waals surface area contributed by atoms with Gasteiger partial charge < -0.3 is 9.80 Å². The first-order valence-electron chi connectivity index (χ1n) is 17.9. The number of anilines is 4. The fraction of sp³-hybridized carbons (Fsp3) is 0.318. The molecule has 0 N–H and O–H groups in total. The van der Waals surface area contributed by atoms with Crippen molar-refractivity contribution in [1.82, 2.24) is 0 Å². The summed E-state index contributed by atoms with van der Waals surface area (Å²) in [4.78, 5) is 5.57. The van der Waals surface area contributed by atoms with Gasteiger partial charge in [-0.25, -0.2) is 8.42 Å². The lowest BCUT2D eigenvalue weighted by atomic mass is 9.56. The quantitative estimate of drug-likeness (QED) is 0.193. The minimum atomic E-state index is -3.62. The molecule has 3 heterocycles. The summed E-state index contributed by atoms with van der Waals surface area (Å²) >= 11 is 0. The fourth-order valence-corrected chi connectivity index (χ4v) is 12.6. The van der Waals surface area contributed by atoms with Gasteiger partial charge in [0.05, 0.1) is 26.9 Å². The summed E-state index contributed by atoms with van der Waals surface area (Å²) in [7, 11) is -3.62. The van der Waals surface area contributed by atoms with Crippen molar-refractivity contribution < 1.29 is 8.42 Å². The number of fused-ring (bicyclic) bond motifs is 11. The van der Waals surface area contributed by atoms with Crippen LogP contribution in [0.25, 0.3) is 0 Å². The van der Waals surface area contributed by atoms with Gasteiger partial charge in [0.25, 0.3) is 0 Å². The first kappa shape index (κ1) is 30.7. The van der Waals surface area contributed by atoms with E-state index in [1.807, 2.05) is 18.2 Å². The van der Waals surface area contributed by atoms with Crippen molar-refractivity contribution in [2.45, 2.75) is 80.0 Å². The van der Waals surface area contributed by atoms with Gasteiger partial charge in [-0.1, -0.05) is 105 Å². The van der Waals surface area contributed by atoms with Crippen LogP contribution in [-0.4, -0.2) is 25.2 Å². The van der Waals surface area contributed by atoms with E-state index in [-0.39, 0.29) is 23.4 Å². The fourth-order valence-electron chi connectivity index (χ4n) is 10.2. The average molecular weight is 665 g/mol. The second kappa shape index (κ2) is 10.8. The van der Waals surface area contributed by atoms with Crippen molar-refractivity contribution in [2.24, 2.45) is 11.8 Å². The summed E-state index contributed by atoms with van der Waals surface area (Å²) in [5.41, 5.74) is 8.60. The zero-order valence-electron chi connectivity index (χ0n) is 28.8. The lowest BCUT2D eigenvalue weighted by Crippen LogP contribution is -2.53. The summed E-state index contributed by atoms with van der Waals surface area (Å²) < 4.78 is 30.1. The molecule has 1 saturated carbocycles. The molecule has 3 aliphatic heterocycles. The minimum absolute atomic E-state index is 0.0925. The normalized spacial score (nSPS) is 24.3. The predicted octanol–water partition coefficient (Wildman–Crippen LogP) is 10.2. The Morgan fingerprint density at radius 2 is 1.22 bits per heavy atom. The third-order valence-electron chi connectivity index (χ3n) is 12.9. The topological polar surface area (TPSA) is 40.6 Å². The zero-order valence-corrected chi connectivity index (χ0v) is 29.6. The van der Waals surface area contributed by atoms with Crippen molar-refractivity contribution in [3.63, 3.8) is 0 Å². The molecule has 248 valence electrons. The number of benzene rings is 5. The molecule has 4 nitrogen and oxygen atoms in total. The van der Waals surface area contributed by atoms with Crippen LogP contribution in [0.2, 0.25) is 0 Å². The van der Waals surface area contributed by atoms with Crippen molar-refractivity contribution in [2.75, 3.05) is 9.80 Å². The van der Waals surface area contributed by atoms with Gasteiger partial charge in [0.1, 0.15) is 0 Å². The summed E-state index contributed by atoms with van der Waals surface area (Å²) in [5, 5.41) is -0.506. The van der Waals surface area contributed by atoms with E-state index in [0.29, 0.717) is 17.2 Å². The maximum absolute atomic E-state index is 15.1. The van der Waals surface area contributed by atoms with E-state index in [2.05, 4.69) is 147 Å². The first-order valence-corrected chi connectivity index (χ1v) is 19.5. The molecule has 0 radical (unpaired) electrons. The van der Waals surface area contributed by atoms with Crippen LogP contribution in [0.4, 0.5) is 22.7 Å². The molecule has 5 heteroatoms. The van der Waals surface area contributed by atoms with Gasteiger partial charge in [-0.05, 0) is 104 Å². The van der Waals surface area contributed by atoms with Crippen molar-refractivity contribution in [3.05, 3.63) is 150 Å². The summed E-state index contributed by atoms with van der Waals surface area (Å²) in [5.74, 6) is 0.469. The van der Waals surface area contributed by atoms with Gasteiger partial charge in [-0.15, -0.1) is 0 Å². The summed E-state index contributed by atoms with van der Waals surface area (Å²) in [6.45, 7) is 9.37. The maximum atomic E-state index is 15.1. The van der Waals surface area contributed by atoms with Crippen LogP contribution in [0, 0.1) is 11.8 Å². The van der Waals surface area contributed by atoms with E-state index in [1.54, 1.807) is 0 Å². The number of para-hydroxylation sites is 4. The van der Waals surface area contributed by atoms with Crippen molar-refractivity contribution in [3.8, 4) is 0 Å². The molecule has 3 unspecified atom stereocenters. The minimum Gasteiger partial charge on any atom is -0.362 e. The Kier molecular flexibility index (Phi) is 6.78. The van der Waals surface area contributed by atoms with E-state index in [9.17, 15) is 0 Å². The molecule has 1 spiro atoms. The van der Waals surface area contributed by atoms with Crippen molar-refractivity contribution in [1.29, 1.82) is 0 Å². The number of hydrogen-bond acceptors (Lipinski definition) is 4. The van der Waals surface area contributed by atoms with Crippen LogP contribution in [0.5, 0.6) is 0 Å². The van der Waals surface area contributed by atoms with E-state index in [0.717, 1.165) is 35.5 Å². The van der Waals surface area contributed by atoms with Crippen LogP contribution in [-0.2, 0) is 15.3 Å². The Balaban J connectivity index is 1.35. The van der Waals surface area contributed by atoms with Crippen LogP contribution in [0.1, 0.15) is 75.1 Å². The molecular weight excluding hydrogens is 621 g/mol. The Morgan fingerprint density at radius 3 is 1.88 bits per heavy atom. The second-order valence-electron chi connectivity index (χ2n) is 15.4. The molecule has 0 bridgehead atoms. The summed E-state index contributed by atoms with van der Waals surface area (Å²) in [6, 6.07) is 45.3. The molecular formula is C44H44N2O2S. The third kappa shape index (κ3) is 4.06. The highest BCUT2D eigenvalue weighted by Gasteiger charge is 2.62. The van der Waals surface area contributed by atoms with E-state index >= 15 is 8.42 Å². The highest BCUT2D eigenvalue weighted by molar-refractivity contribution is 7.92.